The van der Waals surface area contributed by atoms with Crippen LogP contribution in [0.5, 0.6) is 5.75 Å². The second kappa shape index (κ2) is 9.00. The molecule has 0 fully saturated rings. The van der Waals surface area contributed by atoms with Gasteiger partial charge < -0.3 is 9.64 Å². The minimum Gasteiger partial charge on any atom is -0.494 e. The van der Waals surface area contributed by atoms with Crippen LogP contribution >= 0.6 is 12.2 Å². The lowest BCUT2D eigenvalue weighted by atomic mass is 10.1. The number of ether oxygens (including phenoxy) is 1. The van der Waals surface area contributed by atoms with Gasteiger partial charge in [-0.3, -0.25) is 14.5 Å². The molecule has 0 atom stereocenters. The molecule has 2 aromatic carbocycles. The van der Waals surface area contributed by atoms with Crippen LogP contribution in [-0.2, 0) is 17.9 Å². The van der Waals surface area contributed by atoms with Crippen LogP contribution in [0, 0.1) is 17.5 Å². The third-order valence-electron chi connectivity index (χ3n) is 4.65. The third kappa shape index (κ3) is 4.89. The quantitative estimate of drug-likeness (QED) is 0.591. The molecule has 0 unspecified atom stereocenters. The number of nitrogens with one attached hydrogen (secondary N) is 1. The molecule has 0 saturated heterocycles. The van der Waals surface area contributed by atoms with Crippen LogP contribution in [0.1, 0.15) is 17.5 Å². The fraction of sp³-hybridized carbons (Fsp3) is 0.286. The molecule has 0 radical (unpaired) electrons. The van der Waals surface area contributed by atoms with Gasteiger partial charge in [0.1, 0.15) is 0 Å². The predicted molar refractivity (Wildman–Crippen MR) is 112 cm³/mol. The maximum atomic E-state index is 13.9. The molecule has 1 amide bonds. The Hall–Kier alpha value is -3.00. The first-order valence-corrected chi connectivity index (χ1v) is 9.58. The van der Waals surface area contributed by atoms with Gasteiger partial charge in [-0.05, 0) is 42.9 Å². The number of aromatic nitrogens is 3. The number of nitrogens with zero attached hydrogens (tertiary/aromatic N) is 3. The number of H-pyrrole nitrogens is 1. The lowest BCUT2D eigenvalue weighted by molar-refractivity contribution is -0.130. The summed E-state index contributed by atoms with van der Waals surface area (Å²) in [6.45, 7) is 2.72. The van der Waals surface area contributed by atoms with Crippen LogP contribution in [0.25, 0.3) is 11.4 Å². The molecule has 3 aromatic rings. The van der Waals surface area contributed by atoms with Gasteiger partial charge in [-0.2, -0.15) is 5.10 Å². The molecule has 1 aromatic heterocycles. The fourth-order valence-electron chi connectivity index (χ4n) is 3.10. The summed E-state index contributed by atoms with van der Waals surface area (Å²) in [6, 6.07) is 12.6. The zero-order chi connectivity index (χ0) is 21.0. The standard InChI is InChI=1S/C21H23FN4O2S/c1-14-5-4-6-16(11-14)20-23-24-21(29)26(20)10-9-19(27)25(2)13-15-7-8-18(28-3)17(22)12-15/h4-8,11-12H,9-10,13H2,1-3H3,(H,24,29). The first-order chi connectivity index (χ1) is 13.9. The van der Waals surface area contributed by atoms with Gasteiger partial charge in [-0.15, -0.1) is 0 Å². The van der Waals surface area contributed by atoms with Crippen molar-refractivity contribution < 1.29 is 13.9 Å². The summed E-state index contributed by atoms with van der Waals surface area (Å²) in [5.74, 6) is 0.366. The Labute approximate surface area is 173 Å². The van der Waals surface area contributed by atoms with E-state index >= 15 is 0 Å². The average Bonchev–Trinajstić information content (AvgIpc) is 3.06. The van der Waals surface area contributed by atoms with Crippen molar-refractivity contribution in [3.05, 3.63) is 64.2 Å². The number of halogens is 1. The zero-order valence-electron chi connectivity index (χ0n) is 16.6. The smallest absolute Gasteiger partial charge is 0.224 e. The SMILES string of the molecule is COc1ccc(CN(C)C(=O)CCn2c(-c3cccc(C)c3)n[nH]c2=S)cc1F. The number of aromatic amines is 1. The number of benzene rings is 2. The molecule has 1 heterocycles. The van der Waals surface area contributed by atoms with Gasteiger partial charge in [0.2, 0.25) is 5.91 Å². The normalized spacial score (nSPS) is 10.8. The average molecular weight is 415 g/mol. The predicted octanol–water partition coefficient (Wildman–Crippen LogP) is 4.11. The summed E-state index contributed by atoms with van der Waals surface area (Å²) in [6.07, 6.45) is 0.252. The number of rotatable bonds is 7. The number of aryl methyl sites for hydroxylation is 1. The number of amides is 1. The van der Waals surface area contributed by atoms with Gasteiger partial charge in [-0.25, -0.2) is 4.39 Å². The largest absolute Gasteiger partial charge is 0.494 e. The highest BCUT2D eigenvalue weighted by Crippen LogP contribution is 2.20. The molecule has 29 heavy (non-hydrogen) atoms. The third-order valence-corrected chi connectivity index (χ3v) is 4.96. The molecule has 0 aliphatic rings. The monoisotopic (exact) mass is 414 g/mol. The summed E-state index contributed by atoms with van der Waals surface area (Å²) >= 11 is 5.33. The van der Waals surface area contributed by atoms with Crippen LogP contribution < -0.4 is 4.74 Å². The molecule has 3 rings (SSSR count). The molecule has 6 nitrogen and oxygen atoms in total. The van der Waals surface area contributed by atoms with E-state index in [1.807, 2.05) is 35.8 Å². The lowest BCUT2D eigenvalue weighted by Crippen LogP contribution is -2.27. The van der Waals surface area contributed by atoms with E-state index in [-0.39, 0.29) is 18.1 Å². The highest BCUT2D eigenvalue weighted by atomic mass is 32.1. The molecule has 0 aliphatic heterocycles. The molecule has 0 spiro atoms. The van der Waals surface area contributed by atoms with Crippen LogP contribution in [-0.4, -0.2) is 39.7 Å². The summed E-state index contributed by atoms with van der Waals surface area (Å²) in [5.41, 5.74) is 2.75. The Kier molecular flexibility index (Phi) is 6.43. The lowest BCUT2D eigenvalue weighted by Gasteiger charge is -2.18. The van der Waals surface area contributed by atoms with Gasteiger partial charge in [0.15, 0.2) is 22.2 Å². The molecule has 8 heteroatoms. The molecule has 0 bridgehead atoms. The minimum atomic E-state index is -0.446. The van der Waals surface area contributed by atoms with Crippen molar-refractivity contribution >= 4 is 18.1 Å². The maximum Gasteiger partial charge on any atom is 0.224 e. The number of carbonyl (C=O) groups excluding carboxylic acids is 1. The zero-order valence-corrected chi connectivity index (χ0v) is 17.4. The molecule has 0 aliphatic carbocycles. The van der Waals surface area contributed by atoms with Crippen molar-refractivity contribution in [2.75, 3.05) is 14.2 Å². The van der Waals surface area contributed by atoms with Crippen LogP contribution in [0.15, 0.2) is 42.5 Å². The number of carbonyl (C=O) groups is 1. The molecule has 152 valence electrons. The van der Waals surface area contributed by atoms with Gasteiger partial charge in [0.25, 0.3) is 0 Å². The van der Waals surface area contributed by atoms with E-state index in [0.717, 1.165) is 11.1 Å². The van der Waals surface area contributed by atoms with Crippen LogP contribution in [0.2, 0.25) is 0 Å². The van der Waals surface area contributed by atoms with E-state index in [0.29, 0.717) is 29.2 Å². The Morgan fingerprint density at radius 2 is 2.10 bits per heavy atom. The number of hydrogen-bond donors (Lipinski definition) is 1. The van der Waals surface area contributed by atoms with Crippen LogP contribution in [0.4, 0.5) is 4.39 Å². The summed E-state index contributed by atoms with van der Waals surface area (Å²) in [7, 11) is 3.11. The minimum absolute atomic E-state index is 0.0699. The highest BCUT2D eigenvalue weighted by molar-refractivity contribution is 7.71. The Morgan fingerprint density at radius 1 is 1.31 bits per heavy atom. The molecule has 1 N–H and O–H groups in total. The van der Waals surface area contributed by atoms with E-state index in [2.05, 4.69) is 10.2 Å². The molecular formula is C21H23FN4O2S. The van der Waals surface area contributed by atoms with E-state index in [4.69, 9.17) is 17.0 Å². The second-order valence-electron chi connectivity index (χ2n) is 6.84. The van der Waals surface area contributed by atoms with E-state index in [1.165, 1.54) is 13.2 Å². The molecular weight excluding hydrogens is 391 g/mol. The van der Waals surface area contributed by atoms with E-state index < -0.39 is 5.82 Å². The highest BCUT2D eigenvalue weighted by Gasteiger charge is 2.14. The summed E-state index contributed by atoms with van der Waals surface area (Å²) in [4.78, 5) is 14.2. The Bertz CT molecular complexity index is 1080. The van der Waals surface area contributed by atoms with Gasteiger partial charge in [-0.1, -0.05) is 29.8 Å². The Balaban J connectivity index is 1.67. The van der Waals surface area contributed by atoms with Crippen molar-refractivity contribution in [1.29, 1.82) is 0 Å². The van der Waals surface area contributed by atoms with Gasteiger partial charge in [0.05, 0.1) is 7.11 Å². The van der Waals surface area contributed by atoms with Crippen LogP contribution in [0.3, 0.4) is 0 Å². The maximum absolute atomic E-state index is 13.9. The van der Waals surface area contributed by atoms with Crippen molar-refractivity contribution in [3.63, 3.8) is 0 Å². The second-order valence-corrected chi connectivity index (χ2v) is 7.23. The first-order valence-electron chi connectivity index (χ1n) is 9.17. The van der Waals surface area contributed by atoms with Gasteiger partial charge in [0, 0.05) is 32.1 Å². The molecule has 0 saturated carbocycles. The number of methoxy groups -OCH3 is 1. The van der Waals surface area contributed by atoms with E-state index in [9.17, 15) is 9.18 Å². The number of hydrogen-bond acceptors (Lipinski definition) is 4. The van der Waals surface area contributed by atoms with Gasteiger partial charge >= 0.3 is 0 Å². The fourth-order valence-corrected chi connectivity index (χ4v) is 3.32. The topological polar surface area (TPSA) is 63.1 Å². The Morgan fingerprint density at radius 3 is 2.79 bits per heavy atom. The first kappa shape index (κ1) is 20.7. The van der Waals surface area contributed by atoms with Crippen molar-refractivity contribution in [2.45, 2.75) is 26.4 Å². The van der Waals surface area contributed by atoms with E-state index in [1.54, 1.807) is 24.1 Å². The van der Waals surface area contributed by atoms with Crippen molar-refractivity contribution in [1.82, 2.24) is 19.7 Å². The summed E-state index contributed by atoms with van der Waals surface area (Å²) < 4.78 is 21.1. The van der Waals surface area contributed by atoms with Crippen molar-refractivity contribution in [3.8, 4) is 17.1 Å². The van der Waals surface area contributed by atoms with Crippen molar-refractivity contribution in [2.24, 2.45) is 0 Å². The summed E-state index contributed by atoms with van der Waals surface area (Å²) in [5, 5.41) is 7.11.